The first-order valence-corrected chi connectivity index (χ1v) is 10.5. The lowest BCUT2D eigenvalue weighted by Crippen LogP contribution is -2.37. The third kappa shape index (κ3) is 5.06. The molecule has 0 saturated carbocycles. The summed E-state index contributed by atoms with van der Waals surface area (Å²) < 4.78 is 26.0. The summed E-state index contributed by atoms with van der Waals surface area (Å²) in [6, 6.07) is 4.08. The Morgan fingerprint density at radius 2 is 2.12 bits per heavy atom. The molecule has 3 heterocycles. The Balaban J connectivity index is 1.36. The average Bonchev–Trinajstić information content (AvgIpc) is 3.32. The number of alkyl carbamates (subject to hydrolysis) is 1. The second-order valence-electron chi connectivity index (χ2n) is 8.87. The van der Waals surface area contributed by atoms with Crippen molar-refractivity contribution < 1.29 is 23.1 Å². The largest absolute Gasteiger partial charge is 0.444 e. The Morgan fingerprint density at radius 3 is 2.91 bits per heavy atom. The molecule has 1 atom stereocenters. The van der Waals surface area contributed by atoms with Crippen LogP contribution in [0.2, 0.25) is 0 Å². The SMILES string of the molecule is CC(C)(C)OC(=O)NCC1CCn2ncc(C(=O)NCc3nc4cc(F)ccc4o3)c2C1. The molecule has 0 fully saturated rings. The number of rotatable bonds is 5. The number of nitrogens with zero attached hydrogens (tertiary/aromatic N) is 3. The smallest absolute Gasteiger partial charge is 0.407 e. The van der Waals surface area contributed by atoms with Crippen molar-refractivity contribution in [3.8, 4) is 0 Å². The lowest BCUT2D eigenvalue weighted by Gasteiger charge is -2.25. The van der Waals surface area contributed by atoms with Crippen LogP contribution in [0.25, 0.3) is 11.1 Å². The maximum absolute atomic E-state index is 13.3. The fraction of sp³-hybridized carbons (Fsp3) is 0.455. The normalized spacial score (nSPS) is 15.9. The van der Waals surface area contributed by atoms with Crippen molar-refractivity contribution in [2.24, 2.45) is 5.92 Å². The average molecular weight is 443 g/mol. The van der Waals surface area contributed by atoms with E-state index in [2.05, 4.69) is 20.7 Å². The fourth-order valence-corrected chi connectivity index (χ4v) is 3.68. The Hall–Kier alpha value is -3.43. The van der Waals surface area contributed by atoms with Gasteiger partial charge < -0.3 is 19.8 Å². The second kappa shape index (κ2) is 8.60. The van der Waals surface area contributed by atoms with E-state index in [4.69, 9.17) is 9.15 Å². The topological polar surface area (TPSA) is 111 Å². The van der Waals surface area contributed by atoms with Crippen LogP contribution in [0.4, 0.5) is 9.18 Å². The Morgan fingerprint density at radius 1 is 1.31 bits per heavy atom. The van der Waals surface area contributed by atoms with Gasteiger partial charge in [-0.05, 0) is 51.7 Å². The minimum Gasteiger partial charge on any atom is -0.444 e. The van der Waals surface area contributed by atoms with Crippen LogP contribution >= 0.6 is 0 Å². The van der Waals surface area contributed by atoms with E-state index in [1.54, 1.807) is 6.20 Å². The molecule has 1 aromatic carbocycles. The molecule has 0 aliphatic carbocycles. The third-order valence-corrected chi connectivity index (χ3v) is 5.15. The highest BCUT2D eigenvalue weighted by molar-refractivity contribution is 5.95. The zero-order valence-electron chi connectivity index (χ0n) is 18.3. The van der Waals surface area contributed by atoms with Gasteiger partial charge in [-0.2, -0.15) is 5.10 Å². The van der Waals surface area contributed by atoms with E-state index < -0.39 is 17.5 Å². The summed E-state index contributed by atoms with van der Waals surface area (Å²) in [5.41, 5.74) is 1.61. The van der Waals surface area contributed by atoms with E-state index >= 15 is 0 Å². The quantitative estimate of drug-likeness (QED) is 0.627. The lowest BCUT2D eigenvalue weighted by molar-refractivity contribution is 0.0516. The van der Waals surface area contributed by atoms with Crippen LogP contribution in [0.5, 0.6) is 0 Å². The van der Waals surface area contributed by atoms with Gasteiger partial charge in [0.25, 0.3) is 5.91 Å². The van der Waals surface area contributed by atoms with Crippen molar-refractivity contribution in [3.05, 3.63) is 47.4 Å². The maximum atomic E-state index is 13.3. The molecule has 2 aromatic heterocycles. The van der Waals surface area contributed by atoms with Gasteiger partial charge >= 0.3 is 6.09 Å². The van der Waals surface area contributed by atoms with Crippen LogP contribution in [-0.4, -0.2) is 38.9 Å². The number of hydrogen-bond donors (Lipinski definition) is 2. The number of benzene rings is 1. The molecule has 0 saturated heterocycles. The minimum atomic E-state index is -0.552. The first-order chi connectivity index (χ1) is 15.2. The Labute approximate surface area is 184 Å². The molecule has 10 heteroatoms. The number of nitrogens with one attached hydrogen (secondary N) is 2. The van der Waals surface area contributed by atoms with Crippen molar-refractivity contribution in [2.75, 3.05) is 6.54 Å². The van der Waals surface area contributed by atoms with Crippen LogP contribution in [0, 0.1) is 11.7 Å². The first-order valence-electron chi connectivity index (χ1n) is 10.5. The summed E-state index contributed by atoms with van der Waals surface area (Å²) in [7, 11) is 0. The molecule has 1 aliphatic heterocycles. The molecule has 2 N–H and O–H groups in total. The molecule has 0 radical (unpaired) electrons. The number of fused-ring (bicyclic) bond motifs is 2. The molecule has 170 valence electrons. The zero-order valence-corrected chi connectivity index (χ0v) is 18.3. The third-order valence-electron chi connectivity index (χ3n) is 5.15. The zero-order chi connectivity index (χ0) is 22.9. The highest BCUT2D eigenvalue weighted by Gasteiger charge is 2.26. The predicted octanol–water partition coefficient (Wildman–Crippen LogP) is 3.18. The number of amides is 2. The number of carbonyl (C=O) groups is 2. The highest BCUT2D eigenvalue weighted by atomic mass is 19.1. The Kier molecular flexibility index (Phi) is 5.86. The lowest BCUT2D eigenvalue weighted by atomic mass is 9.94. The summed E-state index contributed by atoms with van der Waals surface area (Å²) in [4.78, 5) is 28.9. The molecule has 32 heavy (non-hydrogen) atoms. The van der Waals surface area contributed by atoms with E-state index in [9.17, 15) is 14.0 Å². The number of aromatic nitrogens is 3. The fourth-order valence-electron chi connectivity index (χ4n) is 3.68. The van der Waals surface area contributed by atoms with Gasteiger partial charge in [0, 0.05) is 19.2 Å². The van der Waals surface area contributed by atoms with Crippen LogP contribution in [0.3, 0.4) is 0 Å². The molecule has 0 bridgehead atoms. The van der Waals surface area contributed by atoms with Crippen molar-refractivity contribution in [3.63, 3.8) is 0 Å². The summed E-state index contributed by atoms with van der Waals surface area (Å²) in [6.07, 6.45) is 2.55. The standard InChI is InChI=1S/C22H26FN5O4/c1-22(2,3)32-21(30)25-10-13-6-7-28-17(8-13)15(11-26-28)20(29)24-12-19-27-16-9-14(23)4-5-18(16)31-19/h4-5,9,11,13H,6-8,10,12H2,1-3H3,(H,24,29)(H,25,30). The van der Waals surface area contributed by atoms with E-state index in [0.29, 0.717) is 42.1 Å². The second-order valence-corrected chi connectivity index (χ2v) is 8.87. The number of aryl methyl sites for hydroxylation is 1. The monoisotopic (exact) mass is 443 g/mol. The molecular weight excluding hydrogens is 417 g/mol. The van der Waals surface area contributed by atoms with E-state index in [1.807, 2.05) is 25.5 Å². The van der Waals surface area contributed by atoms with Gasteiger partial charge in [0.1, 0.15) is 16.9 Å². The summed E-state index contributed by atoms with van der Waals surface area (Å²) in [5.74, 6) is -0.228. The molecule has 1 aliphatic rings. The van der Waals surface area contributed by atoms with E-state index in [-0.39, 0.29) is 18.4 Å². The molecule has 0 spiro atoms. The number of hydrogen-bond acceptors (Lipinski definition) is 6. The molecule has 9 nitrogen and oxygen atoms in total. The molecule has 2 amide bonds. The first kappa shape index (κ1) is 21.8. The predicted molar refractivity (Wildman–Crippen MR) is 113 cm³/mol. The number of carbonyl (C=O) groups excluding carboxylic acids is 2. The van der Waals surface area contributed by atoms with Gasteiger partial charge in [-0.1, -0.05) is 0 Å². The van der Waals surface area contributed by atoms with Gasteiger partial charge in [-0.15, -0.1) is 0 Å². The van der Waals surface area contributed by atoms with Crippen molar-refractivity contribution in [1.82, 2.24) is 25.4 Å². The van der Waals surface area contributed by atoms with Crippen molar-refractivity contribution >= 4 is 23.1 Å². The van der Waals surface area contributed by atoms with Crippen LogP contribution < -0.4 is 10.6 Å². The molecule has 1 unspecified atom stereocenters. The summed E-state index contributed by atoms with van der Waals surface area (Å²) in [6.45, 7) is 6.64. The van der Waals surface area contributed by atoms with Gasteiger partial charge in [0.05, 0.1) is 24.0 Å². The summed E-state index contributed by atoms with van der Waals surface area (Å²) >= 11 is 0. The Bertz CT molecular complexity index is 1150. The molecular formula is C22H26FN5O4. The van der Waals surface area contributed by atoms with Gasteiger partial charge in [-0.3, -0.25) is 9.48 Å². The van der Waals surface area contributed by atoms with Gasteiger partial charge in [0.15, 0.2) is 5.58 Å². The van der Waals surface area contributed by atoms with Crippen LogP contribution in [-0.2, 0) is 24.2 Å². The van der Waals surface area contributed by atoms with Gasteiger partial charge in [-0.25, -0.2) is 14.2 Å². The number of ether oxygens (including phenoxy) is 1. The number of oxazole rings is 1. The van der Waals surface area contributed by atoms with Crippen LogP contribution in [0.1, 0.15) is 49.1 Å². The molecule has 3 aromatic rings. The summed E-state index contributed by atoms with van der Waals surface area (Å²) in [5, 5.41) is 9.91. The minimum absolute atomic E-state index is 0.0728. The van der Waals surface area contributed by atoms with E-state index in [0.717, 1.165) is 12.1 Å². The van der Waals surface area contributed by atoms with Crippen molar-refractivity contribution in [2.45, 2.75) is 52.3 Å². The van der Waals surface area contributed by atoms with Crippen molar-refractivity contribution in [1.29, 1.82) is 0 Å². The maximum Gasteiger partial charge on any atom is 0.407 e. The van der Waals surface area contributed by atoms with Crippen LogP contribution in [0.15, 0.2) is 28.8 Å². The van der Waals surface area contributed by atoms with Gasteiger partial charge in [0.2, 0.25) is 5.89 Å². The molecule has 4 rings (SSSR count). The number of halogens is 1. The highest BCUT2D eigenvalue weighted by Crippen LogP contribution is 2.23. The van der Waals surface area contributed by atoms with E-state index in [1.165, 1.54) is 18.2 Å².